The van der Waals surface area contributed by atoms with Gasteiger partial charge in [-0.25, -0.2) is 9.78 Å². The van der Waals surface area contributed by atoms with E-state index in [1.165, 1.54) is 10.8 Å². The van der Waals surface area contributed by atoms with Crippen LogP contribution in [0.5, 0.6) is 11.5 Å². The topological polar surface area (TPSA) is 70.4 Å². The van der Waals surface area contributed by atoms with E-state index in [1.54, 1.807) is 49.6 Å². The number of hydrogen-bond donors (Lipinski definition) is 0. The lowest BCUT2D eigenvalue weighted by Crippen LogP contribution is -2.26. The number of hydrogen-bond acceptors (Lipinski definition) is 5. The highest BCUT2D eigenvalue weighted by atomic mass is 16.5. The molecule has 1 heterocycles. The number of nitrogens with zero attached hydrogens (tertiary/aromatic N) is 2. The van der Waals surface area contributed by atoms with E-state index in [0.717, 1.165) is 0 Å². The second-order valence-corrected chi connectivity index (χ2v) is 4.82. The number of rotatable bonds is 4. The van der Waals surface area contributed by atoms with Crippen LogP contribution in [0, 0.1) is 0 Å². The van der Waals surface area contributed by atoms with E-state index in [2.05, 4.69) is 4.98 Å². The zero-order chi connectivity index (χ0) is 16.2. The van der Waals surface area contributed by atoms with Crippen LogP contribution in [0.3, 0.4) is 0 Å². The summed E-state index contributed by atoms with van der Waals surface area (Å²) in [4.78, 5) is 28.1. The van der Waals surface area contributed by atoms with Crippen LogP contribution < -0.4 is 15.0 Å². The van der Waals surface area contributed by atoms with Gasteiger partial charge in [0.15, 0.2) is 0 Å². The van der Waals surface area contributed by atoms with Crippen LogP contribution in [0.4, 0.5) is 0 Å². The molecule has 0 fully saturated rings. The molecular weight excluding hydrogens is 296 g/mol. The summed E-state index contributed by atoms with van der Waals surface area (Å²) < 4.78 is 11.6. The Morgan fingerprint density at radius 1 is 1.09 bits per heavy atom. The molecule has 0 aliphatic rings. The van der Waals surface area contributed by atoms with Crippen molar-refractivity contribution in [3.8, 4) is 11.5 Å². The highest BCUT2D eigenvalue weighted by molar-refractivity contribution is 5.78. The maximum Gasteiger partial charge on any atom is 0.331 e. The van der Waals surface area contributed by atoms with E-state index in [0.29, 0.717) is 22.5 Å². The first-order chi connectivity index (χ1) is 11.2. The molecular formula is C17H14N2O4. The molecule has 0 unspecified atom stereocenters. The second-order valence-electron chi connectivity index (χ2n) is 4.82. The molecule has 0 spiro atoms. The minimum atomic E-state index is -0.534. The van der Waals surface area contributed by atoms with Crippen molar-refractivity contribution in [3.63, 3.8) is 0 Å². The van der Waals surface area contributed by atoms with Crippen molar-refractivity contribution in [2.45, 2.75) is 6.54 Å². The summed E-state index contributed by atoms with van der Waals surface area (Å²) in [5.74, 6) is 0.525. The van der Waals surface area contributed by atoms with Crippen LogP contribution in [0.15, 0.2) is 59.5 Å². The molecule has 2 aromatic carbocycles. The van der Waals surface area contributed by atoms with Crippen molar-refractivity contribution in [1.82, 2.24) is 9.55 Å². The normalized spacial score (nSPS) is 10.5. The molecule has 0 radical (unpaired) electrons. The summed E-state index contributed by atoms with van der Waals surface area (Å²) in [6, 6.07) is 13.8. The molecule has 3 aromatic rings. The quantitative estimate of drug-likeness (QED) is 0.544. The maximum absolute atomic E-state index is 12.1. The number of ether oxygens (including phenoxy) is 2. The van der Waals surface area contributed by atoms with Gasteiger partial charge in [0, 0.05) is 0 Å². The van der Waals surface area contributed by atoms with Crippen molar-refractivity contribution in [1.29, 1.82) is 0 Å². The smallest absolute Gasteiger partial charge is 0.331 e. The molecule has 23 heavy (non-hydrogen) atoms. The van der Waals surface area contributed by atoms with Gasteiger partial charge in [0.1, 0.15) is 18.0 Å². The lowest BCUT2D eigenvalue weighted by molar-refractivity contribution is -0.135. The lowest BCUT2D eigenvalue weighted by Gasteiger charge is -2.09. The Kier molecular flexibility index (Phi) is 4.05. The Morgan fingerprint density at radius 3 is 2.52 bits per heavy atom. The number of aromatic nitrogens is 2. The van der Waals surface area contributed by atoms with Gasteiger partial charge in [-0.15, -0.1) is 0 Å². The number of benzene rings is 2. The third-order valence-electron chi connectivity index (χ3n) is 3.33. The molecule has 0 saturated heterocycles. The average Bonchev–Trinajstić information content (AvgIpc) is 2.58. The summed E-state index contributed by atoms with van der Waals surface area (Å²) in [6.07, 6.45) is 1.20. The lowest BCUT2D eigenvalue weighted by atomic mass is 10.3. The Hall–Kier alpha value is -3.15. The van der Waals surface area contributed by atoms with Crippen LogP contribution >= 0.6 is 0 Å². The summed E-state index contributed by atoms with van der Waals surface area (Å²) in [5, 5.41) is 0. The SMILES string of the molecule is COc1ccc(OC(=O)Cn2c(=O)cnc3ccccc32)cc1. The van der Waals surface area contributed by atoms with Crippen molar-refractivity contribution in [2.24, 2.45) is 0 Å². The summed E-state index contributed by atoms with van der Waals surface area (Å²) in [6.45, 7) is -0.187. The van der Waals surface area contributed by atoms with E-state index < -0.39 is 5.97 Å². The van der Waals surface area contributed by atoms with E-state index in [9.17, 15) is 9.59 Å². The summed E-state index contributed by atoms with van der Waals surface area (Å²) in [7, 11) is 1.56. The van der Waals surface area contributed by atoms with Gasteiger partial charge in [0.25, 0.3) is 5.56 Å². The first kappa shape index (κ1) is 14.8. The largest absolute Gasteiger partial charge is 0.497 e. The van der Waals surface area contributed by atoms with Gasteiger partial charge in [-0.05, 0) is 36.4 Å². The van der Waals surface area contributed by atoms with Gasteiger partial charge in [0.2, 0.25) is 0 Å². The van der Waals surface area contributed by atoms with Crippen LogP contribution in [0.1, 0.15) is 0 Å². The fraction of sp³-hybridized carbons (Fsp3) is 0.118. The minimum Gasteiger partial charge on any atom is -0.497 e. The molecule has 0 atom stereocenters. The average molecular weight is 310 g/mol. The first-order valence-electron chi connectivity index (χ1n) is 6.97. The molecule has 6 heteroatoms. The molecule has 0 saturated carbocycles. The Morgan fingerprint density at radius 2 is 1.78 bits per heavy atom. The highest BCUT2D eigenvalue weighted by Crippen LogP contribution is 2.17. The first-order valence-corrected chi connectivity index (χ1v) is 6.97. The molecule has 116 valence electrons. The van der Waals surface area contributed by atoms with Gasteiger partial charge < -0.3 is 9.47 Å². The van der Waals surface area contributed by atoms with Crippen LogP contribution in [0.2, 0.25) is 0 Å². The van der Waals surface area contributed by atoms with Crippen molar-refractivity contribution >= 4 is 17.0 Å². The van der Waals surface area contributed by atoms with Crippen molar-refractivity contribution in [2.75, 3.05) is 7.11 Å². The fourth-order valence-electron chi connectivity index (χ4n) is 2.21. The molecule has 0 aliphatic carbocycles. The molecule has 1 aromatic heterocycles. The van der Waals surface area contributed by atoms with Gasteiger partial charge in [-0.1, -0.05) is 12.1 Å². The second kappa shape index (κ2) is 6.31. The summed E-state index contributed by atoms with van der Waals surface area (Å²) >= 11 is 0. The van der Waals surface area contributed by atoms with Gasteiger partial charge in [0.05, 0.1) is 24.3 Å². The number of fused-ring (bicyclic) bond motifs is 1. The maximum atomic E-state index is 12.1. The number of carbonyl (C=O) groups is 1. The number of esters is 1. The zero-order valence-electron chi connectivity index (χ0n) is 12.4. The van der Waals surface area contributed by atoms with Crippen LogP contribution in [-0.4, -0.2) is 22.6 Å². The van der Waals surface area contributed by atoms with E-state index in [1.807, 2.05) is 6.07 Å². The van der Waals surface area contributed by atoms with Gasteiger partial charge in [-0.3, -0.25) is 9.36 Å². The molecule has 0 N–H and O–H groups in total. The van der Waals surface area contributed by atoms with E-state index >= 15 is 0 Å². The molecule has 0 amide bonds. The van der Waals surface area contributed by atoms with E-state index in [4.69, 9.17) is 9.47 Å². The molecule has 0 aliphatic heterocycles. The minimum absolute atomic E-state index is 0.187. The van der Waals surface area contributed by atoms with Crippen LogP contribution in [0.25, 0.3) is 11.0 Å². The fourth-order valence-corrected chi connectivity index (χ4v) is 2.21. The van der Waals surface area contributed by atoms with Crippen LogP contribution in [-0.2, 0) is 11.3 Å². The predicted octanol–water partition coefficient (Wildman–Crippen LogP) is 2.01. The Balaban J connectivity index is 1.82. The third kappa shape index (κ3) is 3.21. The monoisotopic (exact) mass is 310 g/mol. The van der Waals surface area contributed by atoms with Crippen molar-refractivity contribution < 1.29 is 14.3 Å². The number of para-hydroxylation sites is 2. The molecule has 6 nitrogen and oxygen atoms in total. The number of carbonyl (C=O) groups excluding carboxylic acids is 1. The Labute approximate surface area is 131 Å². The summed E-state index contributed by atoms with van der Waals surface area (Å²) in [5.41, 5.74) is 0.881. The van der Waals surface area contributed by atoms with Gasteiger partial charge >= 0.3 is 5.97 Å². The third-order valence-corrected chi connectivity index (χ3v) is 3.33. The van der Waals surface area contributed by atoms with Gasteiger partial charge in [-0.2, -0.15) is 0 Å². The number of methoxy groups -OCH3 is 1. The highest BCUT2D eigenvalue weighted by Gasteiger charge is 2.11. The standard InChI is InChI=1S/C17H14N2O4/c1-22-12-6-8-13(9-7-12)23-17(21)11-19-15-5-3-2-4-14(15)18-10-16(19)20/h2-10H,11H2,1H3. The predicted molar refractivity (Wildman–Crippen MR) is 84.6 cm³/mol. The zero-order valence-corrected chi connectivity index (χ0v) is 12.4. The van der Waals surface area contributed by atoms with Crippen molar-refractivity contribution in [3.05, 3.63) is 65.1 Å². The Bertz CT molecular complexity index is 900. The molecule has 0 bridgehead atoms. The van der Waals surface area contributed by atoms with E-state index in [-0.39, 0.29) is 12.1 Å². The molecule has 3 rings (SSSR count).